The number of ketones is 2. The lowest BCUT2D eigenvalue weighted by Gasteiger charge is -2.34. The molecule has 28 heavy (non-hydrogen) atoms. The molecule has 0 spiro atoms. The topological polar surface area (TPSA) is 77.0 Å². The number of nitrogens with zero attached hydrogens (tertiary/aromatic N) is 2. The molecule has 140 valence electrons. The van der Waals surface area contributed by atoms with Crippen LogP contribution in [-0.4, -0.2) is 29.6 Å². The van der Waals surface area contributed by atoms with Gasteiger partial charge in [-0.15, -0.1) is 11.3 Å². The quantitative estimate of drug-likeness (QED) is 0.678. The van der Waals surface area contributed by atoms with Crippen LogP contribution >= 0.6 is 11.3 Å². The Balaban J connectivity index is 1.64. The Labute approximate surface area is 166 Å². The summed E-state index contributed by atoms with van der Waals surface area (Å²) < 4.78 is 0.869. The number of aromatic nitrogens is 1. The summed E-state index contributed by atoms with van der Waals surface area (Å²) in [6.45, 7) is 5.72. The Morgan fingerprint density at radius 1 is 1.18 bits per heavy atom. The molecule has 2 aromatic heterocycles. The highest BCUT2D eigenvalue weighted by atomic mass is 32.1. The van der Waals surface area contributed by atoms with Gasteiger partial charge in [0.2, 0.25) is 0 Å². The second-order valence-electron chi connectivity index (χ2n) is 8.05. The first-order chi connectivity index (χ1) is 13.4. The third kappa shape index (κ3) is 2.29. The third-order valence-electron chi connectivity index (χ3n) is 6.04. The molecule has 3 aromatic rings. The van der Waals surface area contributed by atoms with Crippen molar-refractivity contribution >= 4 is 38.8 Å². The second kappa shape index (κ2) is 5.79. The molecule has 1 aliphatic heterocycles. The number of piperidine rings is 1. The van der Waals surface area contributed by atoms with E-state index in [-0.39, 0.29) is 11.2 Å². The van der Waals surface area contributed by atoms with E-state index in [4.69, 9.17) is 0 Å². The SMILES string of the molecule is CC1(C)c2cc(N3CCC(=O)CC3)ccc2C(=O)c2c1[nH]c1cc(C#N)sc21. The monoisotopic (exact) mass is 389 g/mol. The van der Waals surface area contributed by atoms with Crippen molar-refractivity contribution in [2.45, 2.75) is 32.1 Å². The van der Waals surface area contributed by atoms with Crippen molar-refractivity contribution in [2.75, 3.05) is 18.0 Å². The molecule has 0 atom stereocenters. The van der Waals surface area contributed by atoms with Crippen molar-refractivity contribution in [1.82, 2.24) is 4.98 Å². The van der Waals surface area contributed by atoms with Gasteiger partial charge in [-0.1, -0.05) is 13.8 Å². The molecule has 1 fully saturated rings. The Morgan fingerprint density at radius 2 is 1.93 bits per heavy atom. The van der Waals surface area contributed by atoms with Gasteiger partial charge in [0.15, 0.2) is 5.78 Å². The molecular weight excluding hydrogens is 370 g/mol. The van der Waals surface area contributed by atoms with Gasteiger partial charge < -0.3 is 9.88 Å². The number of anilines is 1. The van der Waals surface area contributed by atoms with Gasteiger partial charge in [0.25, 0.3) is 0 Å². The molecule has 0 unspecified atom stereocenters. The molecule has 0 amide bonds. The maximum Gasteiger partial charge on any atom is 0.196 e. The number of Topliss-reactive ketones (excluding diaryl/α,β-unsaturated/α-hetero) is 1. The fraction of sp³-hybridized carbons (Fsp3) is 0.318. The zero-order valence-corrected chi connectivity index (χ0v) is 16.6. The molecular formula is C22H19N3O2S. The van der Waals surface area contributed by atoms with Crippen molar-refractivity contribution in [3.05, 3.63) is 51.5 Å². The van der Waals surface area contributed by atoms with E-state index in [0.29, 0.717) is 29.1 Å². The van der Waals surface area contributed by atoms with E-state index >= 15 is 0 Å². The molecule has 2 aliphatic rings. The fourth-order valence-corrected chi connectivity index (χ4v) is 5.41. The summed E-state index contributed by atoms with van der Waals surface area (Å²) in [5.41, 5.74) is 4.92. The number of fused-ring (bicyclic) bond motifs is 4. The minimum atomic E-state index is -0.355. The number of aromatic amines is 1. The summed E-state index contributed by atoms with van der Waals surface area (Å²) in [6, 6.07) is 10.0. The summed E-state index contributed by atoms with van der Waals surface area (Å²) in [5, 5.41) is 9.19. The van der Waals surface area contributed by atoms with Crippen molar-refractivity contribution in [2.24, 2.45) is 0 Å². The number of nitrogens with one attached hydrogen (secondary N) is 1. The van der Waals surface area contributed by atoms with E-state index in [2.05, 4.69) is 35.9 Å². The highest BCUT2D eigenvalue weighted by Crippen LogP contribution is 2.46. The molecule has 1 saturated heterocycles. The first kappa shape index (κ1) is 17.2. The number of nitriles is 1. The van der Waals surface area contributed by atoms with Gasteiger partial charge in [0.1, 0.15) is 16.7 Å². The van der Waals surface area contributed by atoms with Gasteiger partial charge in [-0.2, -0.15) is 5.26 Å². The van der Waals surface area contributed by atoms with Gasteiger partial charge in [0.05, 0.1) is 15.8 Å². The fourth-order valence-electron chi connectivity index (χ4n) is 4.45. The van der Waals surface area contributed by atoms with Crippen LogP contribution < -0.4 is 4.90 Å². The molecule has 6 heteroatoms. The van der Waals surface area contributed by atoms with Crippen LogP contribution in [0.25, 0.3) is 10.2 Å². The first-order valence-electron chi connectivity index (χ1n) is 9.42. The number of rotatable bonds is 1. The number of H-pyrrole nitrogens is 1. The molecule has 5 rings (SSSR count). The van der Waals surface area contributed by atoms with E-state index in [9.17, 15) is 14.9 Å². The van der Waals surface area contributed by atoms with Crippen LogP contribution in [0.3, 0.4) is 0 Å². The van der Waals surface area contributed by atoms with Crippen LogP contribution in [-0.2, 0) is 10.2 Å². The highest BCUT2D eigenvalue weighted by molar-refractivity contribution is 7.20. The molecule has 1 N–H and O–H groups in total. The average Bonchev–Trinajstić information content (AvgIpc) is 3.25. The normalized spacial score (nSPS) is 18.1. The zero-order valence-electron chi connectivity index (χ0n) is 15.8. The first-order valence-corrected chi connectivity index (χ1v) is 10.2. The van der Waals surface area contributed by atoms with Gasteiger partial charge in [-0.3, -0.25) is 9.59 Å². The van der Waals surface area contributed by atoms with E-state index in [1.807, 2.05) is 18.2 Å². The number of hydrogen-bond donors (Lipinski definition) is 1. The number of benzene rings is 1. The summed E-state index contributed by atoms with van der Waals surface area (Å²) in [6.07, 6.45) is 1.16. The Morgan fingerprint density at radius 3 is 2.64 bits per heavy atom. The third-order valence-corrected chi connectivity index (χ3v) is 7.10. The predicted molar refractivity (Wildman–Crippen MR) is 109 cm³/mol. The lowest BCUT2D eigenvalue weighted by molar-refractivity contribution is -0.119. The molecule has 5 nitrogen and oxygen atoms in total. The number of thiophene rings is 1. The van der Waals surface area contributed by atoms with Crippen molar-refractivity contribution in [3.8, 4) is 6.07 Å². The number of hydrogen-bond acceptors (Lipinski definition) is 5. The summed E-state index contributed by atoms with van der Waals surface area (Å²) >= 11 is 1.37. The predicted octanol–water partition coefficient (Wildman–Crippen LogP) is 4.14. The molecule has 0 bridgehead atoms. The summed E-state index contributed by atoms with van der Waals surface area (Å²) in [5.74, 6) is 0.333. The average molecular weight is 389 g/mol. The van der Waals surface area contributed by atoms with Crippen molar-refractivity contribution < 1.29 is 9.59 Å². The highest BCUT2D eigenvalue weighted by Gasteiger charge is 2.40. The van der Waals surface area contributed by atoms with Crippen LogP contribution in [0.5, 0.6) is 0 Å². The van der Waals surface area contributed by atoms with Crippen LogP contribution in [0.15, 0.2) is 24.3 Å². The van der Waals surface area contributed by atoms with Crippen LogP contribution in [0, 0.1) is 11.3 Å². The van der Waals surface area contributed by atoms with Gasteiger partial charge in [-0.05, 0) is 29.8 Å². The Kier molecular flexibility index (Phi) is 3.56. The van der Waals surface area contributed by atoms with Crippen LogP contribution in [0.2, 0.25) is 0 Å². The van der Waals surface area contributed by atoms with Gasteiger partial charge in [0, 0.05) is 48.3 Å². The molecule has 1 aromatic carbocycles. The summed E-state index contributed by atoms with van der Waals surface area (Å²) in [7, 11) is 0. The minimum Gasteiger partial charge on any atom is -0.371 e. The number of carbonyl (C=O) groups is 2. The Bertz CT molecular complexity index is 1200. The lowest BCUT2D eigenvalue weighted by Crippen LogP contribution is -2.35. The van der Waals surface area contributed by atoms with E-state index < -0.39 is 0 Å². The minimum absolute atomic E-state index is 0.0160. The van der Waals surface area contributed by atoms with Crippen molar-refractivity contribution in [1.29, 1.82) is 5.26 Å². The van der Waals surface area contributed by atoms with Gasteiger partial charge in [-0.25, -0.2) is 0 Å². The standard InChI is InChI=1S/C22H19N3O2S/c1-22(2)16-9-12(25-7-5-13(26)6-8-25)3-4-15(16)19(27)18-20-17(24-21(18)22)10-14(11-23)28-20/h3-4,9-10,24H,5-8H2,1-2H3. The van der Waals surface area contributed by atoms with Crippen molar-refractivity contribution in [3.63, 3.8) is 0 Å². The molecule has 3 heterocycles. The second-order valence-corrected chi connectivity index (χ2v) is 9.10. The zero-order chi connectivity index (χ0) is 19.6. The number of carbonyl (C=O) groups excluding carboxylic acids is 2. The van der Waals surface area contributed by atoms with E-state index in [1.54, 1.807) is 0 Å². The maximum atomic E-state index is 13.3. The molecule has 0 radical (unpaired) electrons. The molecule has 0 saturated carbocycles. The Hall–Kier alpha value is -2.91. The van der Waals surface area contributed by atoms with E-state index in [1.165, 1.54) is 11.3 Å². The van der Waals surface area contributed by atoms with Crippen LogP contribution in [0.1, 0.15) is 58.7 Å². The van der Waals surface area contributed by atoms with Crippen LogP contribution in [0.4, 0.5) is 5.69 Å². The molecule has 1 aliphatic carbocycles. The summed E-state index contributed by atoms with van der Waals surface area (Å²) in [4.78, 5) is 31.2. The lowest BCUT2D eigenvalue weighted by atomic mass is 9.71. The van der Waals surface area contributed by atoms with E-state index in [0.717, 1.165) is 45.8 Å². The maximum absolute atomic E-state index is 13.3. The smallest absolute Gasteiger partial charge is 0.196 e. The largest absolute Gasteiger partial charge is 0.371 e. The van der Waals surface area contributed by atoms with Gasteiger partial charge >= 0.3 is 0 Å².